The lowest BCUT2D eigenvalue weighted by molar-refractivity contribution is 0.145. The van der Waals surface area contributed by atoms with E-state index in [-0.39, 0.29) is 12.1 Å². The molecule has 16 heavy (non-hydrogen) atoms. The Morgan fingerprint density at radius 3 is 2.94 bits per heavy atom. The fraction of sp³-hybridized carbons (Fsp3) is 0.583. The smallest absolute Gasteiger partial charge is 0.128 e. The summed E-state index contributed by atoms with van der Waals surface area (Å²) in [6.07, 6.45) is 4.72. The molecule has 2 atom stereocenters. The zero-order valence-corrected chi connectivity index (χ0v) is 9.63. The van der Waals surface area contributed by atoms with Gasteiger partial charge in [-0.3, -0.25) is 0 Å². The first-order valence-corrected chi connectivity index (χ1v) is 5.85. The second-order valence-corrected chi connectivity index (χ2v) is 4.45. The molecule has 1 aliphatic rings. The molecule has 0 unspecified atom stereocenters. The van der Waals surface area contributed by atoms with Crippen LogP contribution in [-0.2, 0) is 0 Å². The first-order chi connectivity index (χ1) is 7.68. The van der Waals surface area contributed by atoms with E-state index in [1.165, 1.54) is 6.42 Å². The molecule has 2 rings (SSSR count). The Balaban J connectivity index is 2.19. The summed E-state index contributed by atoms with van der Waals surface area (Å²) in [7, 11) is 0. The second kappa shape index (κ2) is 4.70. The molecule has 1 fully saturated rings. The standard InChI is InChI=1S/C12H19N3O/c1-9(16)11-4-2-3-7-15(11)12-6-5-10(13)8-14-12/h5-6,8-9,11,16H,2-4,7,13H2,1H3/t9-,11+/m0/s1. The zero-order valence-electron chi connectivity index (χ0n) is 9.63. The van der Waals surface area contributed by atoms with Gasteiger partial charge >= 0.3 is 0 Å². The number of nitrogen functional groups attached to an aromatic ring is 1. The average molecular weight is 221 g/mol. The summed E-state index contributed by atoms with van der Waals surface area (Å²) < 4.78 is 0. The van der Waals surface area contributed by atoms with Gasteiger partial charge in [0.25, 0.3) is 0 Å². The Morgan fingerprint density at radius 2 is 2.31 bits per heavy atom. The van der Waals surface area contributed by atoms with Crippen LogP contribution in [-0.4, -0.2) is 28.8 Å². The number of aliphatic hydroxyl groups is 1. The molecule has 1 aromatic rings. The molecule has 1 saturated heterocycles. The summed E-state index contributed by atoms with van der Waals surface area (Å²) in [6, 6.07) is 3.97. The van der Waals surface area contributed by atoms with Crippen LogP contribution in [0.5, 0.6) is 0 Å². The Bertz CT molecular complexity index is 337. The molecule has 2 heterocycles. The molecule has 4 nitrogen and oxygen atoms in total. The number of rotatable bonds is 2. The minimum absolute atomic E-state index is 0.185. The molecular formula is C12H19N3O. The number of nitrogens with zero attached hydrogens (tertiary/aromatic N) is 2. The van der Waals surface area contributed by atoms with E-state index in [0.29, 0.717) is 5.69 Å². The molecule has 3 N–H and O–H groups in total. The molecule has 1 aliphatic heterocycles. The van der Waals surface area contributed by atoms with Gasteiger partial charge in [-0.25, -0.2) is 4.98 Å². The predicted octanol–water partition coefficient (Wildman–Crippen LogP) is 1.40. The van der Waals surface area contributed by atoms with Gasteiger partial charge < -0.3 is 15.7 Å². The fourth-order valence-electron chi connectivity index (χ4n) is 2.31. The second-order valence-electron chi connectivity index (χ2n) is 4.45. The van der Waals surface area contributed by atoms with E-state index in [4.69, 9.17) is 5.73 Å². The van der Waals surface area contributed by atoms with Crippen molar-refractivity contribution >= 4 is 11.5 Å². The highest BCUT2D eigenvalue weighted by atomic mass is 16.3. The average Bonchev–Trinajstić information content (AvgIpc) is 2.30. The van der Waals surface area contributed by atoms with E-state index in [9.17, 15) is 5.11 Å². The van der Waals surface area contributed by atoms with Crippen LogP contribution in [0, 0.1) is 0 Å². The van der Waals surface area contributed by atoms with Crippen LogP contribution in [0.1, 0.15) is 26.2 Å². The number of piperidine rings is 1. The van der Waals surface area contributed by atoms with Crippen molar-refractivity contribution in [1.82, 2.24) is 4.98 Å². The first kappa shape index (κ1) is 11.2. The summed E-state index contributed by atoms with van der Waals surface area (Å²) in [6.45, 7) is 2.81. The Morgan fingerprint density at radius 1 is 1.50 bits per heavy atom. The quantitative estimate of drug-likeness (QED) is 0.792. The molecule has 0 spiro atoms. The maximum absolute atomic E-state index is 9.77. The SMILES string of the molecule is C[C@H](O)[C@H]1CCCCN1c1ccc(N)cn1. The lowest BCUT2D eigenvalue weighted by Gasteiger charge is -2.38. The Labute approximate surface area is 96.1 Å². The van der Waals surface area contributed by atoms with E-state index >= 15 is 0 Å². The largest absolute Gasteiger partial charge is 0.397 e. The van der Waals surface area contributed by atoms with Crippen LogP contribution in [0.25, 0.3) is 0 Å². The van der Waals surface area contributed by atoms with E-state index in [1.807, 2.05) is 19.1 Å². The summed E-state index contributed by atoms with van der Waals surface area (Å²) >= 11 is 0. The van der Waals surface area contributed by atoms with Crippen molar-refractivity contribution in [2.75, 3.05) is 17.2 Å². The van der Waals surface area contributed by atoms with Crippen molar-refractivity contribution in [2.45, 2.75) is 38.3 Å². The summed E-state index contributed by atoms with van der Waals surface area (Å²) in [5.41, 5.74) is 6.30. The fourth-order valence-corrected chi connectivity index (χ4v) is 2.31. The highest BCUT2D eigenvalue weighted by Crippen LogP contribution is 2.25. The Hall–Kier alpha value is -1.29. The molecule has 0 bridgehead atoms. The van der Waals surface area contributed by atoms with Gasteiger partial charge in [-0.15, -0.1) is 0 Å². The molecule has 0 saturated carbocycles. The van der Waals surface area contributed by atoms with Crippen LogP contribution in [0.2, 0.25) is 0 Å². The molecule has 0 aromatic carbocycles. The number of nitrogens with two attached hydrogens (primary N) is 1. The normalized spacial score (nSPS) is 23.1. The van der Waals surface area contributed by atoms with Gasteiger partial charge in [0.2, 0.25) is 0 Å². The maximum atomic E-state index is 9.77. The summed E-state index contributed by atoms with van der Waals surface area (Å²) in [5, 5.41) is 9.77. The minimum atomic E-state index is -0.320. The number of aromatic nitrogens is 1. The van der Waals surface area contributed by atoms with Crippen LogP contribution in [0.4, 0.5) is 11.5 Å². The first-order valence-electron chi connectivity index (χ1n) is 5.85. The van der Waals surface area contributed by atoms with E-state index in [2.05, 4.69) is 9.88 Å². The number of hydrogen-bond donors (Lipinski definition) is 2. The van der Waals surface area contributed by atoms with Crippen LogP contribution >= 0.6 is 0 Å². The van der Waals surface area contributed by atoms with Crippen LogP contribution < -0.4 is 10.6 Å². The molecule has 0 aliphatic carbocycles. The maximum Gasteiger partial charge on any atom is 0.128 e. The predicted molar refractivity (Wildman–Crippen MR) is 65.3 cm³/mol. The molecule has 0 radical (unpaired) electrons. The molecule has 1 aromatic heterocycles. The van der Waals surface area contributed by atoms with Gasteiger partial charge in [-0.05, 0) is 38.3 Å². The molecular weight excluding hydrogens is 202 g/mol. The number of aliphatic hydroxyl groups excluding tert-OH is 1. The van der Waals surface area contributed by atoms with Crippen molar-refractivity contribution in [3.05, 3.63) is 18.3 Å². The van der Waals surface area contributed by atoms with Gasteiger partial charge in [0.05, 0.1) is 24.0 Å². The molecule has 88 valence electrons. The van der Waals surface area contributed by atoms with E-state index in [1.54, 1.807) is 6.20 Å². The Kier molecular flexibility index (Phi) is 3.29. The lowest BCUT2D eigenvalue weighted by Crippen LogP contribution is -2.46. The van der Waals surface area contributed by atoms with Gasteiger partial charge in [-0.1, -0.05) is 0 Å². The highest BCUT2D eigenvalue weighted by molar-refractivity contribution is 5.47. The van der Waals surface area contributed by atoms with Gasteiger partial charge in [0.1, 0.15) is 5.82 Å². The number of pyridine rings is 1. The summed E-state index contributed by atoms with van der Waals surface area (Å²) in [5.74, 6) is 0.916. The van der Waals surface area contributed by atoms with E-state index in [0.717, 1.165) is 25.2 Å². The zero-order chi connectivity index (χ0) is 11.5. The number of hydrogen-bond acceptors (Lipinski definition) is 4. The van der Waals surface area contributed by atoms with Crippen molar-refractivity contribution in [3.63, 3.8) is 0 Å². The van der Waals surface area contributed by atoms with Crippen LogP contribution in [0.3, 0.4) is 0 Å². The van der Waals surface area contributed by atoms with Crippen molar-refractivity contribution in [3.8, 4) is 0 Å². The van der Waals surface area contributed by atoms with Gasteiger partial charge in [0.15, 0.2) is 0 Å². The van der Waals surface area contributed by atoms with Gasteiger partial charge in [0, 0.05) is 6.54 Å². The third-order valence-corrected chi connectivity index (χ3v) is 3.17. The van der Waals surface area contributed by atoms with Gasteiger partial charge in [-0.2, -0.15) is 0 Å². The molecule has 0 amide bonds. The lowest BCUT2D eigenvalue weighted by atomic mass is 9.98. The van der Waals surface area contributed by atoms with Crippen molar-refractivity contribution in [2.24, 2.45) is 0 Å². The topological polar surface area (TPSA) is 62.4 Å². The monoisotopic (exact) mass is 221 g/mol. The van der Waals surface area contributed by atoms with E-state index < -0.39 is 0 Å². The highest BCUT2D eigenvalue weighted by Gasteiger charge is 2.26. The molecule has 4 heteroatoms. The third kappa shape index (κ3) is 2.27. The summed E-state index contributed by atoms with van der Waals surface area (Å²) in [4.78, 5) is 6.51. The number of anilines is 2. The van der Waals surface area contributed by atoms with Crippen molar-refractivity contribution < 1.29 is 5.11 Å². The third-order valence-electron chi connectivity index (χ3n) is 3.17. The minimum Gasteiger partial charge on any atom is -0.397 e. The van der Waals surface area contributed by atoms with Crippen LogP contribution in [0.15, 0.2) is 18.3 Å². The van der Waals surface area contributed by atoms with Crippen molar-refractivity contribution in [1.29, 1.82) is 0 Å².